The fraction of sp³-hybridized carbons (Fsp3) is 0.364. The molecule has 1 saturated heterocycles. The predicted molar refractivity (Wildman–Crippen MR) is 109 cm³/mol. The van der Waals surface area contributed by atoms with Crippen LogP contribution < -0.4 is 9.47 Å². The van der Waals surface area contributed by atoms with Crippen LogP contribution in [0.4, 0.5) is 0 Å². The van der Waals surface area contributed by atoms with Crippen molar-refractivity contribution in [2.45, 2.75) is 13.5 Å². The van der Waals surface area contributed by atoms with Gasteiger partial charge in [0.05, 0.1) is 5.71 Å². The minimum atomic E-state index is -0.0354. The molecular weight excluding hydrogens is 370 g/mol. The SMILES string of the molecule is CC(=NOCC(=O)N1CCN(Cc2ccc3c(c2)OCO3)CC1)c1ccccc1. The van der Waals surface area contributed by atoms with Gasteiger partial charge in [-0.15, -0.1) is 0 Å². The Labute approximate surface area is 170 Å². The minimum absolute atomic E-state index is 0.0302. The minimum Gasteiger partial charge on any atom is -0.454 e. The van der Waals surface area contributed by atoms with E-state index in [1.165, 1.54) is 5.56 Å². The molecule has 2 aliphatic heterocycles. The number of hydrogen-bond acceptors (Lipinski definition) is 6. The second-order valence-electron chi connectivity index (χ2n) is 7.16. The Morgan fingerprint density at radius 1 is 1.03 bits per heavy atom. The van der Waals surface area contributed by atoms with Crippen molar-refractivity contribution in [3.05, 3.63) is 59.7 Å². The van der Waals surface area contributed by atoms with Gasteiger partial charge in [0.15, 0.2) is 18.1 Å². The summed E-state index contributed by atoms with van der Waals surface area (Å²) in [5, 5.41) is 4.07. The molecule has 2 heterocycles. The topological polar surface area (TPSA) is 63.6 Å². The molecule has 0 saturated carbocycles. The van der Waals surface area contributed by atoms with E-state index >= 15 is 0 Å². The number of nitrogens with zero attached hydrogens (tertiary/aromatic N) is 3. The van der Waals surface area contributed by atoms with Crippen LogP contribution in [0.2, 0.25) is 0 Å². The monoisotopic (exact) mass is 395 g/mol. The summed E-state index contributed by atoms with van der Waals surface area (Å²) >= 11 is 0. The number of hydrogen-bond donors (Lipinski definition) is 0. The Morgan fingerprint density at radius 3 is 2.59 bits per heavy atom. The first-order valence-corrected chi connectivity index (χ1v) is 9.80. The maximum absolute atomic E-state index is 12.4. The van der Waals surface area contributed by atoms with Gasteiger partial charge in [-0.25, -0.2) is 0 Å². The van der Waals surface area contributed by atoms with Gasteiger partial charge in [0.1, 0.15) is 0 Å². The first-order chi connectivity index (χ1) is 14.2. The van der Waals surface area contributed by atoms with E-state index in [1.54, 1.807) is 0 Å². The summed E-state index contributed by atoms with van der Waals surface area (Å²) in [7, 11) is 0. The lowest BCUT2D eigenvalue weighted by molar-refractivity contribution is -0.137. The molecule has 0 unspecified atom stereocenters. The van der Waals surface area contributed by atoms with E-state index in [1.807, 2.05) is 54.3 Å². The highest BCUT2D eigenvalue weighted by molar-refractivity contribution is 5.98. The smallest absolute Gasteiger partial charge is 0.263 e. The molecule has 0 aliphatic carbocycles. The Kier molecular flexibility index (Phi) is 5.95. The van der Waals surface area contributed by atoms with Crippen molar-refractivity contribution in [2.75, 3.05) is 39.6 Å². The van der Waals surface area contributed by atoms with Gasteiger partial charge in [0.2, 0.25) is 6.79 Å². The fourth-order valence-electron chi connectivity index (χ4n) is 3.46. The number of carbonyl (C=O) groups excluding carboxylic acids is 1. The van der Waals surface area contributed by atoms with Crippen molar-refractivity contribution in [1.82, 2.24) is 9.80 Å². The molecule has 0 radical (unpaired) electrons. The highest BCUT2D eigenvalue weighted by atomic mass is 16.7. The molecule has 2 aromatic rings. The van der Waals surface area contributed by atoms with Crippen LogP contribution >= 0.6 is 0 Å². The molecule has 152 valence electrons. The van der Waals surface area contributed by atoms with Gasteiger partial charge in [0.25, 0.3) is 5.91 Å². The number of carbonyl (C=O) groups is 1. The summed E-state index contributed by atoms with van der Waals surface area (Å²) in [4.78, 5) is 21.8. The molecule has 7 nitrogen and oxygen atoms in total. The first kappa shape index (κ1) is 19.3. The number of fused-ring (bicyclic) bond motifs is 1. The second kappa shape index (κ2) is 8.96. The van der Waals surface area contributed by atoms with E-state index in [9.17, 15) is 4.79 Å². The van der Waals surface area contributed by atoms with Crippen molar-refractivity contribution >= 4 is 11.6 Å². The second-order valence-corrected chi connectivity index (χ2v) is 7.16. The molecule has 2 aromatic carbocycles. The van der Waals surface area contributed by atoms with Gasteiger partial charge in [-0.2, -0.15) is 0 Å². The maximum Gasteiger partial charge on any atom is 0.263 e. The van der Waals surface area contributed by atoms with Crippen LogP contribution in [0.5, 0.6) is 11.5 Å². The molecule has 2 aliphatic rings. The number of oxime groups is 1. The lowest BCUT2D eigenvalue weighted by Crippen LogP contribution is -2.49. The maximum atomic E-state index is 12.4. The van der Waals surface area contributed by atoms with Gasteiger partial charge < -0.3 is 19.2 Å². The van der Waals surface area contributed by atoms with Crippen LogP contribution in [-0.4, -0.2) is 61.0 Å². The summed E-state index contributed by atoms with van der Waals surface area (Å²) in [5.41, 5.74) is 2.92. The van der Waals surface area contributed by atoms with Gasteiger partial charge in [-0.3, -0.25) is 9.69 Å². The zero-order chi connectivity index (χ0) is 20.1. The first-order valence-electron chi connectivity index (χ1n) is 9.80. The van der Waals surface area contributed by atoms with E-state index in [0.29, 0.717) is 13.1 Å². The molecule has 1 amide bonds. The van der Waals surface area contributed by atoms with Crippen LogP contribution in [-0.2, 0) is 16.2 Å². The van der Waals surface area contributed by atoms with Gasteiger partial charge in [-0.1, -0.05) is 41.6 Å². The lowest BCUT2D eigenvalue weighted by Gasteiger charge is -2.34. The lowest BCUT2D eigenvalue weighted by atomic mass is 10.1. The average molecular weight is 395 g/mol. The van der Waals surface area contributed by atoms with Crippen molar-refractivity contribution in [1.29, 1.82) is 0 Å². The van der Waals surface area contributed by atoms with Crippen LogP contribution in [0.3, 0.4) is 0 Å². The third-order valence-electron chi connectivity index (χ3n) is 5.15. The Bertz CT molecular complexity index is 877. The standard InChI is InChI=1S/C22H25N3O4/c1-17(19-5-3-2-4-6-19)23-29-15-22(26)25-11-9-24(10-12-25)14-18-7-8-20-21(13-18)28-16-27-20/h2-8,13H,9-12,14-16H2,1H3. The summed E-state index contributed by atoms with van der Waals surface area (Å²) in [6, 6.07) is 15.8. The number of benzene rings is 2. The summed E-state index contributed by atoms with van der Waals surface area (Å²) < 4.78 is 10.8. The van der Waals surface area contributed by atoms with E-state index in [4.69, 9.17) is 14.3 Å². The number of piperazine rings is 1. The van der Waals surface area contributed by atoms with Crippen LogP contribution in [0.25, 0.3) is 0 Å². The van der Waals surface area contributed by atoms with Crippen molar-refractivity contribution in [3.63, 3.8) is 0 Å². The molecule has 0 aromatic heterocycles. The zero-order valence-electron chi connectivity index (χ0n) is 16.5. The fourth-order valence-corrected chi connectivity index (χ4v) is 3.46. The quantitative estimate of drug-likeness (QED) is 0.556. The normalized spacial score (nSPS) is 16.7. The molecule has 29 heavy (non-hydrogen) atoms. The van der Waals surface area contributed by atoms with Crippen molar-refractivity contribution < 1.29 is 19.1 Å². The summed E-state index contributed by atoms with van der Waals surface area (Å²) in [6.45, 7) is 5.98. The third-order valence-corrected chi connectivity index (χ3v) is 5.15. The summed E-state index contributed by atoms with van der Waals surface area (Å²) in [6.07, 6.45) is 0. The van der Waals surface area contributed by atoms with E-state index in [2.05, 4.69) is 16.1 Å². The molecule has 0 N–H and O–H groups in total. The number of rotatable bonds is 6. The van der Waals surface area contributed by atoms with Crippen LogP contribution in [0.1, 0.15) is 18.1 Å². The zero-order valence-corrected chi connectivity index (χ0v) is 16.5. The van der Waals surface area contributed by atoms with E-state index in [0.717, 1.165) is 42.4 Å². The van der Waals surface area contributed by atoms with Crippen molar-refractivity contribution in [3.8, 4) is 11.5 Å². The Morgan fingerprint density at radius 2 is 1.79 bits per heavy atom. The largest absolute Gasteiger partial charge is 0.454 e. The summed E-state index contributed by atoms with van der Waals surface area (Å²) in [5.74, 6) is 1.58. The van der Waals surface area contributed by atoms with Crippen molar-refractivity contribution in [2.24, 2.45) is 5.16 Å². The molecule has 1 fully saturated rings. The molecular formula is C22H25N3O4. The highest BCUT2D eigenvalue weighted by Gasteiger charge is 2.22. The van der Waals surface area contributed by atoms with Gasteiger partial charge >= 0.3 is 0 Å². The molecule has 0 spiro atoms. The molecule has 0 atom stereocenters. The molecule has 4 rings (SSSR count). The van der Waals surface area contributed by atoms with Gasteiger partial charge in [0, 0.05) is 32.7 Å². The third kappa shape index (κ3) is 4.86. The molecule has 0 bridgehead atoms. The average Bonchev–Trinajstić information content (AvgIpc) is 3.22. The molecule has 7 heteroatoms. The van der Waals surface area contributed by atoms with E-state index < -0.39 is 0 Å². The van der Waals surface area contributed by atoms with Crippen LogP contribution in [0.15, 0.2) is 53.7 Å². The van der Waals surface area contributed by atoms with Crippen LogP contribution in [0, 0.1) is 0 Å². The van der Waals surface area contributed by atoms with Gasteiger partial charge in [-0.05, 0) is 30.2 Å². The Hall–Kier alpha value is -3.06. The van der Waals surface area contributed by atoms with E-state index in [-0.39, 0.29) is 19.3 Å². The number of amides is 1. The number of ether oxygens (including phenoxy) is 2. The Balaban J connectivity index is 1.21. The highest BCUT2D eigenvalue weighted by Crippen LogP contribution is 2.32. The predicted octanol–water partition coefficient (Wildman–Crippen LogP) is 2.50.